The van der Waals surface area contributed by atoms with Crippen LogP contribution in [0.1, 0.15) is 18.4 Å². The molecule has 1 atom stereocenters. The smallest absolute Gasteiger partial charge is 0.246 e. The summed E-state index contributed by atoms with van der Waals surface area (Å²) in [6, 6.07) is 1.06. The fourth-order valence-corrected chi connectivity index (χ4v) is 3.13. The molecule has 0 saturated carbocycles. The van der Waals surface area contributed by atoms with E-state index >= 15 is 0 Å². The van der Waals surface area contributed by atoms with Crippen LogP contribution in [0.25, 0.3) is 0 Å². The summed E-state index contributed by atoms with van der Waals surface area (Å²) in [5, 5.41) is 8.95. The van der Waals surface area contributed by atoms with Crippen molar-refractivity contribution in [2.45, 2.75) is 31.4 Å². The number of hydrogen-bond donors (Lipinski definition) is 1. The number of sulfonamides is 1. The molecule has 1 unspecified atom stereocenters. The van der Waals surface area contributed by atoms with Crippen molar-refractivity contribution in [2.75, 3.05) is 20.8 Å². The number of nitrogens with zero attached hydrogens (tertiary/aromatic N) is 1. The maximum absolute atomic E-state index is 12.3. The van der Waals surface area contributed by atoms with Gasteiger partial charge in [-0.05, 0) is 13.8 Å². The fraction of sp³-hybridized carbons (Fsp3) is 0.636. The van der Waals surface area contributed by atoms with E-state index in [4.69, 9.17) is 14.3 Å². The molecule has 6 nitrogen and oxygen atoms in total. The molecule has 0 aliphatic heterocycles. The Morgan fingerprint density at radius 3 is 2.61 bits per heavy atom. The van der Waals surface area contributed by atoms with Crippen LogP contribution >= 0.6 is 0 Å². The van der Waals surface area contributed by atoms with Gasteiger partial charge >= 0.3 is 0 Å². The molecule has 0 radical (unpaired) electrons. The molecule has 18 heavy (non-hydrogen) atoms. The van der Waals surface area contributed by atoms with Gasteiger partial charge in [-0.2, -0.15) is 4.31 Å². The summed E-state index contributed by atoms with van der Waals surface area (Å²) in [7, 11) is -0.624. The molecule has 0 spiro atoms. The minimum absolute atomic E-state index is 0.0806. The van der Waals surface area contributed by atoms with Crippen molar-refractivity contribution >= 4 is 10.0 Å². The first kappa shape index (κ1) is 15.2. The molecular formula is C11H19NO5S. The van der Waals surface area contributed by atoms with Gasteiger partial charge in [-0.1, -0.05) is 0 Å². The minimum Gasteiger partial charge on any atom is -0.462 e. The third-order valence-electron chi connectivity index (χ3n) is 2.76. The quantitative estimate of drug-likeness (QED) is 0.829. The molecule has 0 saturated heterocycles. The Kier molecular flexibility index (Phi) is 4.92. The normalized spacial score (nSPS) is 14.1. The zero-order valence-corrected chi connectivity index (χ0v) is 11.8. The van der Waals surface area contributed by atoms with Crippen LogP contribution in [-0.4, -0.2) is 44.6 Å². The maximum Gasteiger partial charge on any atom is 0.246 e. The molecule has 0 aliphatic carbocycles. The molecule has 1 rings (SSSR count). The van der Waals surface area contributed by atoms with E-state index in [0.717, 1.165) is 0 Å². The number of ether oxygens (including phenoxy) is 1. The van der Waals surface area contributed by atoms with Crippen LogP contribution in [0, 0.1) is 6.92 Å². The lowest BCUT2D eigenvalue weighted by atomic mass is 10.4. The van der Waals surface area contributed by atoms with E-state index in [1.165, 1.54) is 24.5 Å². The Bertz CT molecular complexity index is 494. The maximum atomic E-state index is 12.3. The molecule has 1 aromatic heterocycles. The van der Waals surface area contributed by atoms with Crippen LogP contribution in [-0.2, 0) is 21.4 Å². The Hall–Kier alpha value is -0.890. The van der Waals surface area contributed by atoms with Crippen molar-refractivity contribution in [3.8, 4) is 0 Å². The highest BCUT2D eigenvalue weighted by molar-refractivity contribution is 7.89. The van der Waals surface area contributed by atoms with Crippen molar-refractivity contribution in [3.05, 3.63) is 17.6 Å². The number of likely N-dealkylation sites (N-methyl/N-ethyl adjacent to an activating group) is 1. The van der Waals surface area contributed by atoms with Crippen LogP contribution in [0.15, 0.2) is 15.4 Å². The first-order valence-corrected chi connectivity index (χ1v) is 6.95. The van der Waals surface area contributed by atoms with E-state index in [1.54, 1.807) is 13.8 Å². The van der Waals surface area contributed by atoms with Crippen LogP contribution in [0.3, 0.4) is 0 Å². The molecule has 104 valence electrons. The summed E-state index contributed by atoms with van der Waals surface area (Å²) in [6.07, 6.45) is 0. The van der Waals surface area contributed by atoms with Crippen molar-refractivity contribution in [1.82, 2.24) is 4.31 Å². The number of rotatable bonds is 6. The van der Waals surface area contributed by atoms with Gasteiger partial charge in [0, 0.05) is 26.3 Å². The van der Waals surface area contributed by atoms with E-state index in [1.807, 2.05) is 0 Å². The Labute approximate surface area is 107 Å². The highest BCUT2D eigenvalue weighted by Crippen LogP contribution is 2.24. The van der Waals surface area contributed by atoms with Gasteiger partial charge < -0.3 is 14.3 Å². The molecule has 1 N–H and O–H groups in total. The summed E-state index contributed by atoms with van der Waals surface area (Å²) >= 11 is 0. The molecule has 1 heterocycles. The highest BCUT2D eigenvalue weighted by Gasteiger charge is 2.29. The lowest BCUT2D eigenvalue weighted by Gasteiger charge is -2.23. The van der Waals surface area contributed by atoms with Gasteiger partial charge in [-0.15, -0.1) is 0 Å². The zero-order chi connectivity index (χ0) is 13.9. The fourth-order valence-electron chi connectivity index (χ4n) is 1.60. The van der Waals surface area contributed by atoms with Gasteiger partial charge in [-0.25, -0.2) is 8.42 Å². The predicted octanol–water partition coefficient (Wildman–Crippen LogP) is 0.736. The predicted molar refractivity (Wildman–Crippen MR) is 65.7 cm³/mol. The topological polar surface area (TPSA) is 80.0 Å². The molecule has 0 fully saturated rings. The summed E-state index contributed by atoms with van der Waals surface area (Å²) in [5.41, 5.74) is 0. The summed E-state index contributed by atoms with van der Waals surface area (Å²) in [5.74, 6) is 0.509. The lowest BCUT2D eigenvalue weighted by molar-refractivity contribution is 0.149. The molecule has 7 heteroatoms. The zero-order valence-electron chi connectivity index (χ0n) is 11.0. The monoisotopic (exact) mass is 277 g/mol. The highest BCUT2D eigenvalue weighted by atomic mass is 32.2. The van der Waals surface area contributed by atoms with E-state index in [9.17, 15) is 8.42 Å². The number of hydrogen-bond acceptors (Lipinski definition) is 5. The van der Waals surface area contributed by atoms with Gasteiger partial charge in [0.1, 0.15) is 23.0 Å². The van der Waals surface area contributed by atoms with Crippen molar-refractivity contribution in [1.29, 1.82) is 0 Å². The number of aryl methyl sites for hydroxylation is 1. The van der Waals surface area contributed by atoms with E-state index < -0.39 is 10.0 Å². The van der Waals surface area contributed by atoms with E-state index in [2.05, 4.69) is 0 Å². The summed E-state index contributed by atoms with van der Waals surface area (Å²) in [6.45, 7) is 3.29. The molecular weight excluding hydrogens is 258 g/mol. The average molecular weight is 277 g/mol. The molecule has 0 aliphatic rings. The molecule has 1 aromatic rings. The van der Waals surface area contributed by atoms with Crippen molar-refractivity contribution in [3.63, 3.8) is 0 Å². The Morgan fingerprint density at radius 1 is 1.56 bits per heavy atom. The number of methoxy groups -OCH3 is 1. The second-order valence-corrected chi connectivity index (χ2v) is 6.08. The van der Waals surface area contributed by atoms with Gasteiger partial charge in [0.25, 0.3) is 0 Å². The summed E-state index contributed by atoms with van der Waals surface area (Å²) < 4.78 is 36.0. The Morgan fingerprint density at radius 2 is 2.17 bits per heavy atom. The van der Waals surface area contributed by atoms with Crippen molar-refractivity contribution in [2.24, 2.45) is 0 Å². The molecule has 0 aromatic carbocycles. The SMILES string of the molecule is COCC(C)N(C)S(=O)(=O)c1cc(CO)oc1C. The van der Waals surface area contributed by atoms with E-state index in [-0.39, 0.29) is 29.1 Å². The first-order valence-electron chi connectivity index (χ1n) is 5.51. The first-order chi connectivity index (χ1) is 8.34. The van der Waals surface area contributed by atoms with Gasteiger partial charge in [0.05, 0.1) is 6.61 Å². The summed E-state index contributed by atoms with van der Waals surface area (Å²) in [4.78, 5) is 0.0806. The molecule has 0 amide bonds. The minimum atomic E-state index is -3.63. The second kappa shape index (κ2) is 5.83. The second-order valence-electron chi connectivity index (χ2n) is 4.12. The van der Waals surface area contributed by atoms with Crippen LogP contribution in [0.4, 0.5) is 0 Å². The largest absolute Gasteiger partial charge is 0.462 e. The van der Waals surface area contributed by atoms with Gasteiger partial charge in [0.2, 0.25) is 10.0 Å². The Balaban J connectivity index is 3.08. The van der Waals surface area contributed by atoms with Crippen LogP contribution in [0.2, 0.25) is 0 Å². The van der Waals surface area contributed by atoms with Crippen LogP contribution in [0.5, 0.6) is 0 Å². The number of aliphatic hydroxyl groups is 1. The van der Waals surface area contributed by atoms with Crippen LogP contribution < -0.4 is 0 Å². The lowest BCUT2D eigenvalue weighted by Crippen LogP contribution is -2.37. The third kappa shape index (κ3) is 2.92. The molecule has 0 bridgehead atoms. The number of furan rings is 1. The van der Waals surface area contributed by atoms with Crippen molar-refractivity contribution < 1.29 is 22.7 Å². The standard InChI is InChI=1S/C11H19NO5S/c1-8(7-16-4)12(3)18(14,15)11-5-10(6-13)17-9(11)2/h5,8,13H,6-7H2,1-4H3. The number of aliphatic hydroxyl groups excluding tert-OH is 1. The van der Waals surface area contributed by atoms with E-state index in [0.29, 0.717) is 6.61 Å². The van der Waals surface area contributed by atoms with Gasteiger partial charge in [0.15, 0.2) is 0 Å². The third-order valence-corrected chi connectivity index (χ3v) is 4.84. The average Bonchev–Trinajstić information content (AvgIpc) is 2.70. The van der Waals surface area contributed by atoms with Gasteiger partial charge in [-0.3, -0.25) is 0 Å².